The van der Waals surface area contributed by atoms with E-state index in [9.17, 15) is 12.8 Å². The second kappa shape index (κ2) is 6.32. The molecule has 1 unspecified atom stereocenters. The Balaban J connectivity index is 2.21. The van der Waals surface area contributed by atoms with Crippen LogP contribution in [0.4, 0.5) is 10.1 Å². The summed E-state index contributed by atoms with van der Waals surface area (Å²) in [5.41, 5.74) is 6.71. The smallest absolute Gasteiger partial charge is 0.166 e. The molecule has 0 amide bonds. The van der Waals surface area contributed by atoms with Gasteiger partial charge in [-0.1, -0.05) is 6.92 Å². The van der Waals surface area contributed by atoms with Gasteiger partial charge in [-0.3, -0.25) is 4.90 Å². The molecule has 1 aromatic carbocycles. The third-order valence-electron chi connectivity index (χ3n) is 3.37. The molecular formula is C13H19FN2O2S2. The van der Waals surface area contributed by atoms with Gasteiger partial charge in [0.05, 0.1) is 0 Å². The van der Waals surface area contributed by atoms with Crippen LogP contribution in [-0.2, 0) is 16.4 Å². The summed E-state index contributed by atoms with van der Waals surface area (Å²) in [6.45, 7) is 2.75. The second-order valence-electron chi connectivity index (χ2n) is 4.84. The number of nitrogen functional groups attached to an aromatic ring is 1. The fourth-order valence-electron chi connectivity index (χ4n) is 2.32. The van der Waals surface area contributed by atoms with E-state index in [0.717, 1.165) is 5.75 Å². The van der Waals surface area contributed by atoms with Crippen LogP contribution in [0.2, 0.25) is 0 Å². The fourth-order valence-corrected chi connectivity index (χ4v) is 5.40. The molecule has 1 fully saturated rings. The average Bonchev–Trinajstić information content (AvgIpc) is 2.38. The summed E-state index contributed by atoms with van der Waals surface area (Å²) in [4.78, 5) is 1.91. The Morgan fingerprint density at radius 2 is 2.20 bits per heavy atom. The number of sulfone groups is 1. The highest BCUT2D eigenvalue weighted by Gasteiger charge is 2.32. The molecule has 1 aromatic rings. The Morgan fingerprint density at radius 3 is 2.85 bits per heavy atom. The van der Waals surface area contributed by atoms with Gasteiger partial charge in [0, 0.05) is 36.0 Å². The largest absolute Gasteiger partial charge is 0.399 e. The van der Waals surface area contributed by atoms with E-state index < -0.39 is 15.2 Å². The maximum atomic E-state index is 13.4. The molecule has 4 nitrogen and oxygen atoms in total. The molecule has 1 heterocycles. The summed E-state index contributed by atoms with van der Waals surface area (Å²) in [5.74, 6) is 1.20. The first-order valence-electron chi connectivity index (χ1n) is 6.50. The van der Waals surface area contributed by atoms with Crippen molar-refractivity contribution >= 4 is 27.3 Å². The van der Waals surface area contributed by atoms with Gasteiger partial charge in [0.15, 0.2) is 9.84 Å². The molecule has 0 aromatic heterocycles. The highest BCUT2D eigenvalue weighted by atomic mass is 32.2. The number of anilines is 1. The summed E-state index contributed by atoms with van der Waals surface area (Å²) >= 11 is 1.65. The van der Waals surface area contributed by atoms with Crippen molar-refractivity contribution in [3.8, 4) is 0 Å². The first-order valence-corrected chi connectivity index (χ1v) is 9.37. The maximum absolute atomic E-state index is 13.4. The van der Waals surface area contributed by atoms with Crippen LogP contribution in [0.3, 0.4) is 0 Å². The van der Waals surface area contributed by atoms with Gasteiger partial charge in [-0.25, -0.2) is 12.8 Å². The van der Waals surface area contributed by atoms with Crippen molar-refractivity contribution in [2.24, 2.45) is 0 Å². The van der Waals surface area contributed by atoms with Crippen LogP contribution in [0.25, 0.3) is 0 Å². The topological polar surface area (TPSA) is 63.4 Å². The van der Waals surface area contributed by atoms with Crippen molar-refractivity contribution in [1.82, 2.24) is 4.90 Å². The molecule has 2 rings (SSSR count). The molecule has 0 saturated carbocycles. The number of benzene rings is 1. The normalized spacial score (nSPS) is 21.0. The summed E-state index contributed by atoms with van der Waals surface area (Å²) in [5, 5.41) is -0.490. The van der Waals surface area contributed by atoms with E-state index in [1.54, 1.807) is 24.8 Å². The molecule has 1 aliphatic rings. The van der Waals surface area contributed by atoms with Gasteiger partial charge in [-0.05, 0) is 23.8 Å². The zero-order valence-corrected chi connectivity index (χ0v) is 13.0. The minimum atomic E-state index is -3.13. The lowest BCUT2D eigenvalue weighted by Gasteiger charge is -2.34. The standard InChI is InChI=1S/C13H19FN2O2S2/c1-2-20(17,18)13-9-19-4-3-16(13)8-10-5-11(14)7-12(15)6-10/h5-7,13H,2-4,8-9,15H2,1H3. The van der Waals surface area contributed by atoms with Crippen molar-refractivity contribution < 1.29 is 12.8 Å². The molecule has 0 aliphatic carbocycles. The third kappa shape index (κ3) is 3.65. The van der Waals surface area contributed by atoms with Gasteiger partial charge < -0.3 is 5.73 Å². The summed E-state index contributed by atoms with van der Waals surface area (Å²) in [7, 11) is -3.13. The van der Waals surface area contributed by atoms with Crippen LogP contribution in [0.5, 0.6) is 0 Å². The molecule has 1 aliphatic heterocycles. The Bertz CT molecular complexity index is 557. The number of rotatable bonds is 4. The van der Waals surface area contributed by atoms with Crippen molar-refractivity contribution in [1.29, 1.82) is 0 Å². The van der Waals surface area contributed by atoms with E-state index in [1.165, 1.54) is 12.1 Å². The number of halogens is 1. The monoisotopic (exact) mass is 318 g/mol. The van der Waals surface area contributed by atoms with Crippen LogP contribution in [0, 0.1) is 5.82 Å². The number of nitrogens with two attached hydrogens (primary N) is 1. The lowest BCUT2D eigenvalue weighted by molar-refractivity contribution is 0.261. The minimum absolute atomic E-state index is 0.125. The summed E-state index contributed by atoms with van der Waals surface area (Å²) in [6, 6.07) is 4.37. The molecular weight excluding hydrogens is 299 g/mol. The lowest BCUT2D eigenvalue weighted by atomic mass is 10.2. The van der Waals surface area contributed by atoms with Gasteiger partial charge in [0.1, 0.15) is 11.2 Å². The number of nitrogens with zero attached hydrogens (tertiary/aromatic N) is 1. The Morgan fingerprint density at radius 1 is 1.45 bits per heavy atom. The lowest BCUT2D eigenvalue weighted by Crippen LogP contribution is -2.47. The van der Waals surface area contributed by atoms with Crippen LogP contribution in [0.1, 0.15) is 12.5 Å². The number of hydrogen-bond donors (Lipinski definition) is 1. The number of hydrogen-bond acceptors (Lipinski definition) is 5. The fraction of sp³-hybridized carbons (Fsp3) is 0.538. The second-order valence-corrected chi connectivity index (χ2v) is 8.44. The molecule has 0 radical (unpaired) electrons. The summed E-state index contributed by atoms with van der Waals surface area (Å²) in [6.07, 6.45) is 0. The molecule has 112 valence electrons. The SMILES string of the molecule is CCS(=O)(=O)C1CSCCN1Cc1cc(N)cc(F)c1. The highest BCUT2D eigenvalue weighted by molar-refractivity contribution is 8.01. The summed E-state index contributed by atoms with van der Waals surface area (Å²) < 4.78 is 37.6. The first kappa shape index (κ1) is 15.6. The van der Waals surface area contributed by atoms with Gasteiger partial charge in [-0.2, -0.15) is 11.8 Å². The van der Waals surface area contributed by atoms with E-state index in [4.69, 9.17) is 5.73 Å². The van der Waals surface area contributed by atoms with E-state index in [2.05, 4.69) is 0 Å². The van der Waals surface area contributed by atoms with Crippen molar-refractivity contribution in [2.45, 2.75) is 18.8 Å². The first-order chi connectivity index (χ1) is 9.42. The number of thioether (sulfide) groups is 1. The maximum Gasteiger partial charge on any atom is 0.166 e. The molecule has 2 N–H and O–H groups in total. The molecule has 0 bridgehead atoms. The Hall–Kier alpha value is -0.790. The molecule has 1 saturated heterocycles. The van der Waals surface area contributed by atoms with E-state index >= 15 is 0 Å². The molecule has 0 spiro atoms. The minimum Gasteiger partial charge on any atom is -0.399 e. The van der Waals surface area contributed by atoms with Gasteiger partial charge in [0.2, 0.25) is 0 Å². The predicted octanol–water partition coefficient (Wildman–Crippen LogP) is 1.72. The molecule has 7 heteroatoms. The van der Waals surface area contributed by atoms with Crippen LogP contribution in [-0.4, -0.2) is 42.5 Å². The average molecular weight is 318 g/mol. The molecule has 20 heavy (non-hydrogen) atoms. The van der Waals surface area contributed by atoms with Crippen molar-refractivity contribution in [3.63, 3.8) is 0 Å². The van der Waals surface area contributed by atoms with E-state index in [1.807, 2.05) is 4.90 Å². The highest BCUT2D eigenvalue weighted by Crippen LogP contribution is 2.24. The molecule has 1 atom stereocenters. The van der Waals surface area contributed by atoms with Gasteiger partial charge >= 0.3 is 0 Å². The predicted molar refractivity (Wildman–Crippen MR) is 81.8 cm³/mol. The zero-order valence-electron chi connectivity index (χ0n) is 11.4. The Labute approximate surface area is 123 Å². The van der Waals surface area contributed by atoms with Gasteiger partial charge in [0.25, 0.3) is 0 Å². The van der Waals surface area contributed by atoms with E-state index in [-0.39, 0.29) is 11.6 Å². The van der Waals surface area contributed by atoms with Crippen molar-refractivity contribution in [2.75, 3.05) is 29.5 Å². The van der Waals surface area contributed by atoms with Crippen LogP contribution in [0.15, 0.2) is 18.2 Å². The Kier molecular flexibility index (Phi) is 4.93. The van der Waals surface area contributed by atoms with Crippen LogP contribution >= 0.6 is 11.8 Å². The van der Waals surface area contributed by atoms with Crippen LogP contribution < -0.4 is 5.73 Å². The quantitative estimate of drug-likeness (QED) is 0.857. The van der Waals surface area contributed by atoms with E-state index in [0.29, 0.717) is 30.1 Å². The third-order valence-corrected chi connectivity index (χ3v) is 6.71. The van der Waals surface area contributed by atoms with Gasteiger partial charge in [-0.15, -0.1) is 0 Å². The van der Waals surface area contributed by atoms with Crippen molar-refractivity contribution in [3.05, 3.63) is 29.6 Å². The zero-order chi connectivity index (χ0) is 14.8.